The number of unbranched alkanes of at least 4 members (excludes halogenated alkanes) is 6. The predicted molar refractivity (Wildman–Crippen MR) is 332 cm³/mol. The number of ether oxygens (including phenoxy) is 5. The maximum atomic E-state index is 7.84. The van der Waals surface area contributed by atoms with Gasteiger partial charge in [0.1, 0.15) is 28.7 Å². The third kappa shape index (κ3) is 11.1. The van der Waals surface area contributed by atoms with E-state index in [2.05, 4.69) is 190 Å². The summed E-state index contributed by atoms with van der Waals surface area (Å²) in [6.07, 6.45) is 21.8. The van der Waals surface area contributed by atoms with Crippen LogP contribution in [0.5, 0.6) is 28.7 Å². The molecule has 5 nitrogen and oxygen atoms in total. The lowest BCUT2D eigenvalue weighted by atomic mass is 9.76. The van der Waals surface area contributed by atoms with Crippen molar-refractivity contribution in [1.82, 2.24) is 0 Å². The number of benzene rings is 8. The second-order valence-electron chi connectivity index (χ2n) is 23.2. The van der Waals surface area contributed by atoms with Crippen LogP contribution in [0.25, 0.3) is 49.9 Å². The lowest BCUT2D eigenvalue weighted by Gasteiger charge is -2.38. The van der Waals surface area contributed by atoms with E-state index < -0.39 is 5.60 Å². The van der Waals surface area contributed by atoms with Crippen molar-refractivity contribution < 1.29 is 23.7 Å². The van der Waals surface area contributed by atoms with Gasteiger partial charge in [-0.1, -0.05) is 162 Å². The molecule has 1 unspecified atom stereocenters. The number of rotatable bonds is 22. The van der Waals surface area contributed by atoms with Gasteiger partial charge < -0.3 is 23.7 Å². The molecule has 8 aromatic rings. The molecule has 11 rings (SSSR count). The van der Waals surface area contributed by atoms with Crippen molar-refractivity contribution in [3.05, 3.63) is 189 Å². The molecule has 1 saturated carbocycles. The average molecular weight is 1120 g/mol. The van der Waals surface area contributed by atoms with E-state index in [4.69, 9.17) is 23.7 Å². The van der Waals surface area contributed by atoms with Crippen molar-refractivity contribution >= 4 is 43.6 Å². The maximum absolute atomic E-state index is 7.84. The topological polar surface area (TPSA) is 46.2 Å². The summed E-state index contributed by atoms with van der Waals surface area (Å²) < 4.78 is 33.7. The highest BCUT2D eigenvalue weighted by Crippen LogP contribution is 2.60. The molecule has 0 radical (unpaired) electrons. The maximum Gasteiger partial charge on any atom is 0.178 e. The van der Waals surface area contributed by atoms with Gasteiger partial charge in [0.05, 0.1) is 26.9 Å². The van der Waals surface area contributed by atoms with E-state index in [-0.39, 0.29) is 5.41 Å². The van der Waals surface area contributed by atoms with Crippen molar-refractivity contribution in [1.29, 1.82) is 0 Å². The molecule has 3 aliphatic rings. The van der Waals surface area contributed by atoms with Crippen LogP contribution >= 0.6 is 15.9 Å². The van der Waals surface area contributed by atoms with Crippen molar-refractivity contribution in [3.63, 3.8) is 0 Å². The Kier molecular flexibility index (Phi) is 16.6. The molecule has 408 valence electrons. The van der Waals surface area contributed by atoms with Crippen molar-refractivity contribution in [2.75, 3.05) is 26.9 Å². The highest BCUT2D eigenvalue weighted by atomic mass is 79.9. The molecule has 1 atom stereocenters. The summed E-state index contributed by atoms with van der Waals surface area (Å²) in [6, 6.07) is 50.5. The van der Waals surface area contributed by atoms with Crippen molar-refractivity contribution in [2.24, 2.45) is 5.92 Å². The molecule has 8 aromatic carbocycles. The highest BCUT2D eigenvalue weighted by Gasteiger charge is 2.45. The number of hydrogen-bond acceptors (Lipinski definition) is 5. The Labute approximate surface area is 478 Å². The standard InChI is InChI=1S/C73H79BrO5/c1-7-9-13-17-50-21-23-51(24-22-50)52-25-27-53(28-26-52)54-29-35-58(36-30-54)77-45-14-11-12-15-46-78-66-19-16-18-61-68-63(48-65(74)69(61)66)67-60-41-20-49(3)47-64(60)72(4,5)70(67)62-42-43-73(79-71(62)68,55-31-37-57(75-6)38-32-55)56-33-39-59(40-34-56)76-44-10-8-2/h16,18-20,25-43,47-48,50-51H,7-15,17,21-24,44-46H2,1-6H3. The third-order valence-corrected chi connectivity index (χ3v) is 18.2. The van der Waals surface area contributed by atoms with E-state index in [1.54, 1.807) is 7.11 Å². The Bertz CT molecular complexity index is 3420. The molecule has 0 saturated heterocycles. The van der Waals surface area contributed by atoms with Crippen LogP contribution in [0.4, 0.5) is 0 Å². The molecule has 2 aliphatic carbocycles. The third-order valence-electron chi connectivity index (χ3n) is 17.6. The molecular formula is C73H79BrO5. The Balaban J connectivity index is 0.797. The van der Waals surface area contributed by atoms with Gasteiger partial charge in [0, 0.05) is 37.4 Å². The minimum atomic E-state index is -0.961. The molecule has 1 fully saturated rings. The van der Waals surface area contributed by atoms with E-state index in [0.717, 1.165) is 116 Å². The highest BCUT2D eigenvalue weighted by molar-refractivity contribution is 9.10. The summed E-state index contributed by atoms with van der Waals surface area (Å²) in [4.78, 5) is 0. The Hall–Kier alpha value is -6.50. The largest absolute Gasteiger partial charge is 0.497 e. The summed E-state index contributed by atoms with van der Waals surface area (Å²) in [5.41, 5.74) is 12.3. The summed E-state index contributed by atoms with van der Waals surface area (Å²) in [6.45, 7) is 13.4. The summed E-state index contributed by atoms with van der Waals surface area (Å²) in [5.74, 6) is 5.96. The Morgan fingerprint density at radius 1 is 0.595 bits per heavy atom. The number of halogens is 1. The Morgan fingerprint density at radius 3 is 1.87 bits per heavy atom. The molecular weight excluding hydrogens is 1040 g/mol. The molecule has 1 aliphatic heterocycles. The summed E-state index contributed by atoms with van der Waals surface area (Å²) in [5, 5.41) is 4.36. The number of fused-ring (bicyclic) bond motifs is 10. The van der Waals surface area contributed by atoms with E-state index in [9.17, 15) is 0 Å². The first kappa shape index (κ1) is 54.5. The van der Waals surface area contributed by atoms with E-state index in [0.29, 0.717) is 25.7 Å². The van der Waals surface area contributed by atoms with Gasteiger partial charge >= 0.3 is 0 Å². The lowest BCUT2D eigenvalue weighted by Crippen LogP contribution is -2.35. The van der Waals surface area contributed by atoms with Crippen LogP contribution in [0, 0.1) is 12.8 Å². The molecule has 0 N–H and O–H groups in total. The second-order valence-corrected chi connectivity index (χ2v) is 24.1. The first-order chi connectivity index (χ1) is 38.6. The summed E-state index contributed by atoms with van der Waals surface area (Å²) >= 11 is 4.13. The molecule has 0 aromatic heterocycles. The molecule has 0 bridgehead atoms. The van der Waals surface area contributed by atoms with Crippen LogP contribution in [-0.4, -0.2) is 26.9 Å². The van der Waals surface area contributed by atoms with Crippen LogP contribution in [0.3, 0.4) is 0 Å². The monoisotopic (exact) mass is 1110 g/mol. The SMILES string of the molecule is CCCCCC1CCC(c2ccc(-c3ccc(OCCCCCCOc4cccc5c4c(Br)cc4c6c(c7c(c45)OC(c4ccc(OC)cc4)(c4ccc(OCCCC)cc4)C=C7)C(C)(C)c4cc(C)ccc4-6)cc3)cc2)CC1. The average Bonchev–Trinajstić information content (AvgIpc) is 2.85. The molecule has 0 spiro atoms. The van der Waals surface area contributed by atoms with Crippen LogP contribution in [0.2, 0.25) is 0 Å². The predicted octanol–water partition coefficient (Wildman–Crippen LogP) is 20.4. The van der Waals surface area contributed by atoms with Gasteiger partial charge in [-0.05, 0) is 197 Å². The molecule has 1 heterocycles. The van der Waals surface area contributed by atoms with Crippen LogP contribution in [-0.2, 0) is 11.0 Å². The number of methoxy groups -OCH3 is 1. The van der Waals surface area contributed by atoms with Crippen molar-refractivity contribution in [3.8, 4) is 51.0 Å². The van der Waals surface area contributed by atoms with Gasteiger partial charge in [-0.25, -0.2) is 0 Å². The Morgan fingerprint density at radius 2 is 1.22 bits per heavy atom. The van der Waals surface area contributed by atoms with Crippen molar-refractivity contribution in [2.45, 2.75) is 141 Å². The van der Waals surface area contributed by atoms with Gasteiger partial charge in [0.2, 0.25) is 0 Å². The van der Waals surface area contributed by atoms with Gasteiger partial charge in [-0.2, -0.15) is 0 Å². The molecule has 6 heteroatoms. The van der Waals surface area contributed by atoms with Gasteiger partial charge in [-0.15, -0.1) is 0 Å². The van der Waals surface area contributed by atoms with Crippen LogP contribution in [0.15, 0.2) is 150 Å². The van der Waals surface area contributed by atoms with E-state index >= 15 is 0 Å². The van der Waals surface area contributed by atoms with E-state index in [1.165, 1.54) is 95.9 Å². The van der Waals surface area contributed by atoms with Gasteiger partial charge in [0.25, 0.3) is 0 Å². The summed E-state index contributed by atoms with van der Waals surface area (Å²) in [7, 11) is 1.71. The smallest absolute Gasteiger partial charge is 0.178 e. The normalized spacial score (nSPS) is 18.0. The minimum Gasteiger partial charge on any atom is -0.497 e. The zero-order chi connectivity index (χ0) is 54.5. The lowest BCUT2D eigenvalue weighted by molar-refractivity contribution is 0.163. The first-order valence-corrected chi connectivity index (χ1v) is 30.5. The number of hydrogen-bond donors (Lipinski definition) is 0. The van der Waals surface area contributed by atoms with Crippen LogP contribution in [0.1, 0.15) is 162 Å². The minimum absolute atomic E-state index is 0.288. The quantitative estimate of drug-likeness (QED) is 0.0500. The van der Waals surface area contributed by atoms with Crippen LogP contribution < -0.4 is 23.7 Å². The fourth-order valence-electron chi connectivity index (χ4n) is 13.1. The fourth-order valence-corrected chi connectivity index (χ4v) is 13.8. The van der Waals surface area contributed by atoms with Gasteiger partial charge in [0.15, 0.2) is 5.60 Å². The fraction of sp³-hybridized carbons (Fsp3) is 0.370. The zero-order valence-corrected chi connectivity index (χ0v) is 49.1. The number of aryl methyl sites for hydroxylation is 1. The zero-order valence-electron chi connectivity index (χ0n) is 47.5. The molecule has 79 heavy (non-hydrogen) atoms. The molecule has 0 amide bonds. The van der Waals surface area contributed by atoms with Gasteiger partial charge in [-0.3, -0.25) is 0 Å². The first-order valence-electron chi connectivity index (χ1n) is 29.7. The second kappa shape index (κ2) is 24.1. The van der Waals surface area contributed by atoms with E-state index in [1.807, 2.05) is 12.1 Å².